The van der Waals surface area contributed by atoms with Gasteiger partial charge in [-0.2, -0.15) is 13.2 Å². The molecule has 0 bridgehead atoms. The Balaban J connectivity index is 2.73. The molecule has 0 aliphatic heterocycles. The number of unbranched alkanes of at least 4 members (excludes halogenated alkanes) is 3. The molecule has 1 aromatic carbocycles. The molecule has 0 heterocycles. The van der Waals surface area contributed by atoms with E-state index in [-0.39, 0.29) is 10.6 Å². The summed E-state index contributed by atoms with van der Waals surface area (Å²) < 4.78 is 61.5. The summed E-state index contributed by atoms with van der Waals surface area (Å²) in [6.07, 6.45) is -1.78. The lowest BCUT2D eigenvalue weighted by atomic mass is 10.2. The Bertz CT molecular complexity index is 527. The number of alkyl halides is 4. The van der Waals surface area contributed by atoms with Crippen molar-refractivity contribution in [3.63, 3.8) is 0 Å². The predicted molar refractivity (Wildman–Crippen MR) is 72.7 cm³/mol. The van der Waals surface area contributed by atoms with Gasteiger partial charge in [0.2, 0.25) is 0 Å². The van der Waals surface area contributed by atoms with Crippen LogP contribution >= 0.6 is 11.6 Å². The number of halogens is 4. The van der Waals surface area contributed by atoms with Crippen molar-refractivity contribution >= 4 is 21.4 Å². The lowest BCUT2D eigenvalue weighted by Crippen LogP contribution is -2.10. The van der Waals surface area contributed by atoms with Crippen molar-refractivity contribution in [1.29, 1.82) is 0 Å². The predicted octanol–water partition coefficient (Wildman–Crippen LogP) is 4.28. The second-order valence-electron chi connectivity index (χ2n) is 4.45. The van der Waals surface area contributed by atoms with Crippen LogP contribution in [-0.2, 0) is 16.0 Å². The molecule has 0 saturated heterocycles. The zero-order valence-electron chi connectivity index (χ0n) is 10.8. The number of sulfone groups is 1. The molecular formula is C13H16ClF3O2S. The highest BCUT2D eigenvalue weighted by Gasteiger charge is 2.31. The lowest BCUT2D eigenvalue weighted by Gasteiger charge is -2.09. The third kappa shape index (κ3) is 5.32. The maximum Gasteiger partial charge on any atom is 0.416 e. The van der Waals surface area contributed by atoms with Crippen molar-refractivity contribution in [2.45, 2.75) is 36.8 Å². The van der Waals surface area contributed by atoms with Crippen LogP contribution in [0.25, 0.3) is 0 Å². The lowest BCUT2D eigenvalue weighted by molar-refractivity contribution is -0.137. The maximum atomic E-state index is 12.5. The normalized spacial score (nSPS) is 12.6. The second-order valence-corrected chi connectivity index (χ2v) is 6.93. The zero-order valence-corrected chi connectivity index (χ0v) is 12.4. The molecule has 2 nitrogen and oxygen atoms in total. The first kappa shape index (κ1) is 17.3. The van der Waals surface area contributed by atoms with Gasteiger partial charge in [0.1, 0.15) is 0 Å². The van der Waals surface area contributed by atoms with Gasteiger partial charge in [0.15, 0.2) is 9.84 Å². The summed E-state index contributed by atoms with van der Waals surface area (Å²) in [5.41, 5.74) is -0.944. The van der Waals surface area contributed by atoms with Crippen molar-refractivity contribution in [3.05, 3.63) is 29.8 Å². The molecular weight excluding hydrogens is 313 g/mol. The molecule has 0 aromatic heterocycles. The molecule has 0 aliphatic carbocycles. The van der Waals surface area contributed by atoms with Gasteiger partial charge in [0, 0.05) is 5.88 Å². The number of hydrogen-bond acceptors (Lipinski definition) is 2. The molecule has 0 atom stereocenters. The third-order valence-electron chi connectivity index (χ3n) is 2.82. The van der Waals surface area contributed by atoms with Gasteiger partial charge in [-0.25, -0.2) is 8.42 Å². The molecule has 114 valence electrons. The molecule has 1 rings (SSSR count). The van der Waals surface area contributed by atoms with Crippen LogP contribution in [0.1, 0.15) is 31.2 Å². The Kier molecular flexibility index (Phi) is 6.33. The molecule has 0 spiro atoms. The van der Waals surface area contributed by atoms with Gasteiger partial charge < -0.3 is 0 Å². The molecule has 0 amide bonds. The van der Waals surface area contributed by atoms with E-state index in [4.69, 9.17) is 11.6 Å². The highest BCUT2D eigenvalue weighted by molar-refractivity contribution is 7.91. The van der Waals surface area contributed by atoms with E-state index >= 15 is 0 Å². The Morgan fingerprint density at radius 3 is 2.30 bits per heavy atom. The van der Waals surface area contributed by atoms with Crippen LogP contribution in [-0.4, -0.2) is 20.1 Å². The fourth-order valence-corrected chi connectivity index (χ4v) is 3.33. The van der Waals surface area contributed by atoms with Gasteiger partial charge in [0.05, 0.1) is 16.2 Å². The van der Waals surface area contributed by atoms with E-state index in [9.17, 15) is 21.6 Å². The van der Waals surface area contributed by atoms with E-state index in [1.54, 1.807) is 0 Å². The van der Waals surface area contributed by atoms with Gasteiger partial charge in [-0.15, -0.1) is 11.6 Å². The molecule has 20 heavy (non-hydrogen) atoms. The summed E-state index contributed by atoms with van der Waals surface area (Å²) >= 11 is 5.50. The molecule has 7 heteroatoms. The molecule has 1 aromatic rings. The zero-order chi connectivity index (χ0) is 15.2. The smallest absolute Gasteiger partial charge is 0.224 e. The minimum atomic E-state index is -4.54. The molecule has 0 N–H and O–H groups in total. The highest BCUT2D eigenvalue weighted by atomic mass is 35.5. The summed E-state index contributed by atoms with van der Waals surface area (Å²) in [5.74, 6) is 0.386. The van der Waals surface area contributed by atoms with Crippen LogP contribution in [0.15, 0.2) is 29.2 Å². The highest BCUT2D eigenvalue weighted by Crippen LogP contribution is 2.30. The van der Waals surface area contributed by atoms with Crippen molar-refractivity contribution < 1.29 is 21.6 Å². The summed E-state index contributed by atoms with van der Waals surface area (Å²) in [4.78, 5) is -0.273. The van der Waals surface area contributed by atoms with Gasteiger partial charge in [-0.05, 0) is 31.0 Å². The van der Waals surface area contributed by atoms with Gasteiger partial charge in [-0.1, -0.05) is 18.9 Å². The van der Waals surface area contributed by atoms with Gasteiger partial charge >= 0.3 is 6.18 Å². The Hall–Kier alpha value is -0.750. The van der Waals surface area contributed by atoms with E-state index in [2.05, 4.69) is 0 Å². The van der Waals surface area contributed by atoms with E-state index in [1.807, 2.05) is 0 Å². The average molecular weight is 329 g/mol. The van der Waals surface area contributed by atoms with Crippen LogP contribution in [0.2, 0.25) is 0 Å². The SMILES string of the molecule is O=S(=O)(CCCCCCCl)c1cccc(C(F)(F)F)c1. The summed E-state index contributed by atoms with van der Waals surface area (Å²) in [6, 6.07) is 3.86. The molecule has 0 unspecified atom stereocenters. The van der Waals surface area contributed by atoms with E-state index in [0.29, 0.717) is 24.8 Å². The first-order valence-corrected chi connectivity index (χ1v) is 8.42. The monoisotopic (exact) mass is 328 g/mol. The molecule has 0 fully saturated rings. The topological polar surface area (TPSA) is 34.1 Å². The van der Waals surface area contributed by atoms with E-state index in [0.717, 1.165) is 25.0 Å². The fraction of sp³-hybridized carbons (Fsp3) is 0.538. The van der Waals surface area contributed by atoms with Crippen LogP contribution in [0, 0.1) is 0 Å². The van der Waals surface area contributed by atoms with Crippen LogP contribution in [0.5, 0.6) is 0 Å². The van der Waals surface area contributed by atoms with Crippen LogP contribution < -0.4 is 0 Å². The van der Waals surface area contributed by atoms with Crippen LogP contribution in [0.4, 0.5) is 13.2 Å². The van der Waals surface area contributed by atoms with Gasteiger partial charge in [0.25, 0.3) is 0 Å². The quantitative estimate of drug-likeness (QED) is 0.553. The number of benzene rings is 1. The summed E-state index contributed by atoms with van der Waals surface area (Å²) in [5, 5.41) is 0. The third-order valence-corrected chi connectivity index (χ3v) is 4.88. The standard InChI is InChI=1S/C13H16ClF3O2S/c14-8-3-1-2-4-9-20(18,19)12-7-5-6-11(10-12)13(15,16)17/h5-7,10H,1-4,8-9H2. The second kappa shape index (κ2) is 7.31. The van der Waals surface area contributed by atoms with Crippen LogP contribution in [0.3, 0.4) is 0 Å². The van der Waals surface area contributed by atoms with Gasteiger partial charge in [-0.3, -0.25) is 0 Å². The largest absolute Gasteiger partial charge is 0.416 e. The average Bonchev–Trinajstić information content (AvgIpc) is 2.37. The molecule has 0 aliphatic rings. The van der Waals surface area contributed by atoms with Crippen molar-refractivity contribution in [3.8, 4) is 0 Å². The summed E-state index contributed by atoms with van der Waals surface area (Å²) in [7, 11) is -3.66. The maximum absolute atomic E-state index is 12.5. The first-order valence-electron chi connectivity index (χ1n) is 6.23. The minimum absolute atomic E-state index is 0.142. The number of hydrogen-bond donors (Lipinski definition) is 0. The van der Waals surface area contributed by atoms with E-state index < -0.39 is 21.6 Å². The van der Waals surface area contributed by atoms with Crippen molar-refractivity contribution in [2.75, 3.05) is 11.6 Å². The first-order chi connectivity index (χ1) is 9.27. The Morgan fingerprint density at radius 1 is 1.05 bits per heavy atom. The van der Waals surface area contributed by atoms with Crippen molar-refractivity contribution in [1.82, 2.24) is 0 Å². The Labute approximate surface area is 121 Å². The summed E-state index contributed by atoms with van der Waals surface area (Å²) in [6.45, 7) is 0. The van der Waals surface area contributed by atoms with Crippen molar-refractivity contribution in [2.24, 2.45) is 0 Å². The Morgan fingerprint density at radius 2 is 1.70 bits per heavy atom. The number of rotatable bonds is 7. The van der Waals surface area contributed by atoms with E-state index in [1.165, 1.54) is 6.07 Å². The molecule has 0 radical (unpaired) electrons. The fourth-order valence-electron chi connectivity index (χ4n) is 1.72. The minimum Gasteiger partial charge on any atom is -0.224 e. The molecule has 0 saturated carbocycles.